The highest BCUT2D eigenvalue weighted by Gasteiger charge is 2.33. The van der Waals surface area contributed by atoms with Crippen molar-refractivity contribution in [3.05, 3.63) is 28.8 Å². The second kappa shape index (κ2) is 6.23. The van der Waals surface area contributed by atoms with Crippen LogP contribution in [0.1, 0.15) is 26.3 Å². The molecule has 1 heterocycles. The molecule has 0 saturated carbocycles. The van der Waals surface area contributed by atoms with Crippen LogP contribution in [-0.4, -0.2) is 37.0 Å². The van der Waals surface area contributed by atoms with Gasteiger partial charge < -0.3 is 9.80 Å². The zero-order chi connectivity index (χ0) is 17.4. The van der Waals surface area contributed by atoms with Crippen LogP contribution in [0, 0.1) is 5.41 Å². The zero-order valence-electron chi connectivity index (χ0n) is 13.4. The summed E-state index contributed by atoms with van der Waals surface area (Å²) in [4.78, 5) is 15.8. The van der Waals surface area contributed by atoms with Crippen LogP contribution in [-0.2, 0) is 11.0 Å². The number of piperazine rings is 1. The van der Waals surface area contributed by atoms with E-state index in [1.165, 1.54) is 6.07 Å². The second-order valence-corrected chi connectivity index (χ2v) is 7.10. The van der Waals surface area contributed by atoms with Crippen molar-refractivity contribution in [2.45, 2.75) is 26.9 Å². The Morgan fingerprint density at radius 1 is 1.09 bits per heavy atom. The van der Waals surface area contributed by atoms with Crippen molar-refractivity contribution in [1.29, 1.82) is 0 Å². The Kier molecular flexibility index (Phi) is 4.85. The lowest BCUT2D eigenvalue weighted by Crippen LogP contribution is -2.51. The van der Waals surface area contributed by atoms with E-state index in [1.807, 2.05) is 20.8 Å². The molecule has 0 radical (unpaired) electrons. The number of hydrogen-bond acceptors (Lipinski definition) is 2. The first-order valence-electron chi connectivity index (χ1n) is 7.41. The van der Waals surface area contributed by atoms with Crippen molar-refractivity contribution in [1.82, 2.24) is 4.90 Å². The number of nitrogens with zero attached hydrogens (tertiary/aromatic N) is 2. The number of carbonyl (C=O) groups is 1. The van der Waals surface area contributed by atoms with E-state index in [-0.39, 0.29) is 10.9 Å². The molecule has 128 valence electrons. The number of anilines is 1. The molecule has 0 bridgehead atoms. The number of hydrogen-bond donors (Lipinski definition) is 0. The first-order chi connectivity index (χ1) is 10.5. The molecule has 2 rings (SSSR count). The molecule has 0 N–H and O–H groups in total. The van der Waals surface area contributed by atoms with Gasteiger partial charge in [-0.05, 0) is 18.2 Å². The van der Waals surface area contributed by atoms with Crippen LogP contribution < -0.4 is 4.90 Å². The van der Waals surface area contributed by atoms with Gasteiger partial charge in [-0.3, -0.25) is 4.79 Å². The van der Waals surface area contributed by atoms with Crippen molar-refractivity contribution < 1.29 is 18.0 Å². The minimum atomic E-state index is -4.40. The van der Waals surface area contributed by atoms with Gasteiger partial charge in [0.25, 0.3) is 0 Å². The molecule has 1 aromatic rings. The largest absolute Gasteiger partial charge is 0.416 e. The fourth-order valence-corrected chi connectivity index (χ4v) is 2.79. The van der Waals surface area contributed by atoms with Gasteiger partial charge in [0, 0.05) is 31.6 Å². The average molecular weight is 349 g/mol. The Morgan fingerprint density at radius 3 is 2.13 bits per heavy atom. The van der Waals surface area contributed by atoms with E-state index < -0.39 is 17.2 Å². The van der Waals surface area contributed by atoms with Crippen LogP contribution in [0.5, 0.6) is 0 Å². The van der Waals surface area contributed by atoms with Gasteiger partial charge in [-0.25, -0.2) is 0 Å². The van der Waals surface area contributed by atoms with Gasteiger partial charge in [0.2, 0.25) is 5.91 Å². The molecule has 1 saturated heterocycles. The molecule has 1 aliphatic heterocycles. The normalized spacial score (nSPS) is 16.7. The van der Waals surface area contributed by atoms with E-state index in [4.69, 9.17) is 11.6 Å². The van der Waals surface area contributed by atoms with E-state index >= 15 is 0 Å². The first kappa shape index (κ1) is 17.9. The Bertz CT molecular complexity index is 588. The molecular weight excluding hydrogens is 329 g/mol. The van der Waals surface area contributed by atoms with Gasteiger partial charge in [-0.15, -0.1) is 0 Å². The molecule has 0 unspecified atom stereocenters. The molecule has 1 amide bonds. The third kappa shape index (κ3) is 4.10. The number of amides is 1. The van der Waals surface area contributed by atoms with Crippen LogP contribution in [0.4, 0.5) is 18.9 Å². The lowest BCUT2D eigenvalue weighted by Gasteiger charge is -2.39. The maximum Gasteiger partial charge on any atom is 0.416 e. The van der Waals surface area contributed by atoms with Crippen molar-refractivity contribution in [3.63, 3.8) is 0 Å². The Hall–Kier alpha value is -1.43. The van der Waals surface area contributed by atoms with Crippen LogP contribution in [0.15, 0.2) is 18.2 Å². The summed E-state index contributed by atoms with van der Waals surface area (Å²) in [6.07, 6.45) is -4.40. The highest BCUT2D eigenvalue weighted by molar-refractivity contribution is 6.33. The predicted octanol–water partition coefficient (Wildman–Crippen LogP) is 4.05. The van der Waals surface area contributed by atoms with Gasteiger partial charge in [-0.1, -0.05) is 32.4 Å². The molecule has 3 nitrogen and oxygen atoms in total. The predicted molar refractivity (Wildman–Crippen MR) is 84.7 cm³/mol. The van der Waals surface area contributed by atoms with Gasteiger partial charge >= 0.3 is 6.18 Å². The molecule has 0 aliphatic carbocycles. The van der Waals surface area contributed by atoms with Crippen LogP contribution in [0.2, 0.25) is 5.02 Å². The number of rotatable bonds is 1. The quantitative estimate of drug-likeness (QED) is 0.764. The molecule has 0 aromatic heterocycles. The molecule has 0 atom stereocenters. The van der Waals surface area contributed by atoms with Crippen molar-refractivity contribution in [2.75, 3.05) is 31.1 Å². The highest BCUT2D eigenvalue weighted by atomic mass is 35.5. The van der Waals surface area contributed by atoms with E-state index in [2.05, 4.69) is 0 Å². The van der Waals surface area contributed by atoms with Crippen LogP contribution in [0.25, 0.3) is 0 Å². The lowest BCUT2D eigenvalue weighted by atomic mass is 9.94. The van der Waals surface area contributed by atoms with Crippen LogP contribution in [0.3, 0.4) is 0 Å². The summed E-state index contributed by atoms with van der Waals surface area (Å²) in [6.45, 7) is 7.43. The summed E-state index contributed by atoms with van der Waals surface area (Å²) >= 11 is 6.06. The molecular formula is C16H20ClF3N2O. The summed E-state index contributed by atoms with van der Waals surface area (Å²) < 4.78 is 38.6. The van der Waals surface area contributed by atoms with Crippen LogP contribution >= 0.6 is 11.6 Å². The minimum absolute atomic E-state index is 0.0484. The SMILES string of the molecule is CC(C)(C)C(=O)N1CCN(c2cc(C(F)(F)F)ccc2Cl)CC1. The summed E-state index contributed by atoms with van der Waals surface area (Å²) in [6, 6.07) is 3.32. The number of alkyl halides is 3. The third-order valence-electron chi connectivity index (χ3n) is 3.82. The maximum absolute atomic E-state index is 12.9. The maximum atomic E-state index is 12.9. The van der Waals surface area contributed by atoms with E-state index in [9.17, 15) is 18.0 Å². The van der Waals surface area contributed by atoms with Crippen molar-refractivity contribution in [3.8, 4) is 0 Å². The highest BCUT2D eigenvalue weighted by Crippen LogP contribution is 2.35. The summed E-state index contributed by atoms with van der Waals surface area (Å²) in [5.41, 5.74) is -0.815. The van der Waals surface area contributed by atoms with Gasteiger partial charge in [0.1, 0.15) is 0 Å². The van der Waals surface area contributed by atoms with Crippen molar-refractivity contribution >= 4 is 23.2 Å². The van der Waals surface area contributed by atoms with E-state index in [0.29, 0.717) is 31.9 Å². The number of benzene rings is 1. The Labute approximate surface area is 139 Å². The smallest absolute Gasteiger partial charge is 0.367 e. The average Bonchev–Trinajstić information content (AvgIpc) is 2.45. The molecule has 1 fully saturated rings. The fraction of sp³-hybridized carbons (Fsp3) is 0.562. The molecule has 1 aromatic carbocycles. The molecule has 7 heteroatoms. The number of halogens is 4. The number of carbonyl (C=O) groups excluding carboxylic acids is 1. The second-order valence-electron chi connectivity index (χ2n) is 6.69. The summed E-state index contributed by atoms with van der Waals surface area (Å²) in [7, 11) is 0. The fourth-order valence-electron chi connectivity index (χ4n) is 2.56. The minimum Gasteiger partial charge on any atom is -0.367 e. The molecule has 0 spiro atoms. The summed E-state index contributed by atoms with van der Waals surface area (Å²) in [5.74, 6) is 0.0484. The topological polar surface area (TPSA) is 23.6 Å². The van der Waals surface area contributed by atoms with Crippen molar-refractivity contribution in [2.24, 2.45) is 5.41 Å². The monoisotopic (exact) mass is 348 g/mol. The molecule has 1 aliphatic rings. The Morgan fingerprint density at radius 2 is 1.65 bits per heavy atom. The summed E-state index contributed by atoms with van der Waals surface area (Å²) in [5, 5.41) is 0.286. The third-order valence-corrected chi connectivity index (χ3v) is 4.14. The lowest BCUT2D eigenvalue weighted by molar-refractivity contribution is -0.139. The standard InChI is InChI=1S/C16H20ClF3N2O/c1-15(2,3)14(23)22-8-6-21(7-9-22)13-10-11(16(18,19)20)4-5-12(13)17/h4-5,10H,6-9H2,1-3H3. The van der Waals surface area contributed by atoms with Gasteiger partial charge in [0.15, 0.2) is 0 Å². The first-order valence-corrected chi connectivity index (χ1v) is 7.79. The van der Waals surface area contributed by atoms with Gasteiger partial charge in [-0.2, -0.15) is 13.2 Å². The van der Waals surface area contributed by atoms with E-state index in [0.717, 1.165) is 12.1 Å². The molecule has 23 heavy (non-hydrogen) atoms. The Balaban J connectivity index is 2.13. The van der Waals surface area contributed by atoms with E-state index in [1.54, 1.807) is 9.80 Å². The zero-order valence-corrected chi connectivity index (χ0v) is 14.1. The van der Waals surface area contributed by atoms with Gasteiger partial charge in [0.05, 0.1) is 16.3 Å².